The van der Waals surface area contributed by atoms with Crippen molar-refractivity contribution in [1.29, 1.82) is 0 Å². The Morgan fingerprint density at radius 3 is 2.51 bits per heavy atom. The molecule has 7 heterocycles. The first-order valence-electron chi connectivity index (χ1n) is 24.9. The number of thiazole rings is 1. The minimum Gasteiger partial charge on any atom is -0.464 e. The maximum Gasteiger partial charge on any atom is 0.406 e. The number of esters is 1. The van der Waals surface area contributed by atoms with Crippen LogP contribution in [0.5, 0.6) is 0 Å². The topological polar surface area (TPSA) is 181 Å². The van der Waals surface area contributed by atoms with E-state index >= 15 is 0 Å². The van der Waals surface area contributed by atoms with Crippen LogP contribution in [0.25, 0.3) is 33.4 Å². The highest BCUT2D eigenvalue weighted by atomic mass is 35.5. The number of likely N-dealkylation sites (N-methyl/N-ethyl adjacent to an activating group) is 1. The number of hydrogen-bond donors (Lipinski definition) is 2. The second-order valence-electron chi connectivity index (χ2n) is 20.7. The molecule has 3 fully saturated rings. The highest BCUT2D eigenvalue weighted by Crippen LogP contribution is 2.44. The van der Waals surface area contributed by atoms with Crippen LogP contribution in [0, 0.1) is 17.3 Å². The van der Waals surface area contributed by atoms with Gasteiger partial charge in [-0.15, -0.1) is 11.3 Å². The number of rotatable bonds is 11. The lowest BCUT2D eigenvalue weighted by atomic mass is 9.84. The third-order valence-electron chi connectivity index (χ3n) is 14.3. The molecular weight excluding hydrogens is 1010 g/mol. The third-order valence-corrected chi connectivity index (χ3v) is 15.4. The summed E-state index contributed by atoms with van der Waals surface area (Å²) in [6, 6.07) is 3.77. The Morgan fingerprint density at radius 2 is 1.82 bits per heavy atom. The smallest absolute Gasteiger partial charge is 0.406 e. The molecule has 0 spiro atoms. The predicted octanol–water partition coefficient (Wildman–Crippen LogP) is 6.45. The van der Waals surface area contributed by atoms with Gasteiger partial charge in [0.05, 0.1) is 65.8 Å². The van der Waals surface area contributed by atoms with E-state index < -0.39 is 89.4 Å². The van der Waals surface area contributed by atoms with E-state index in [0.29, 0.717) is 94.5 Å². The van der Waals surface area contributed by atoms with Crippen LogP contribution >= 0.6 is 22.9 Å². The van der Waals surface area contributed by atoms with Crippen molar-refractivity contribution in [3.05, 3.63) is 52.1 Å². The minimum atomic E-state index is -4.64. The lowest BCUT2D eigenvalue weighted by Crippen LogP contribution is -2.62. The molecule has 4 aliphatic heterocycles. The Kier molecular flexibility index (Phi) is 16.6. The number of nitrogens with zero attached hydrogens (tertiary/aromatic N) is 7. The lowest BCUT2D eigenvalue weighted by molar-refractivity contribution is -0.155. The molecule has 0 aliphatic carbocycles. The van der Waals surface area contributed by atoms with Crippen molar-refractivity contribution in [2.45, 2.75) is 109 Å². The second-order valence-corrected chi connectivity index (χ2v) is 22.1. The number of nitrogens with one attached hydrogen (secondary N) is 2. The molecule has 74 heavy (non-hydrogen) atoms. The first-order valence-corrected chi connectivity index (χ1v) is 26.3. The van der Waals surface area contributed by atoms with E-state index in [1.165, 1.54) is 44.9 Å². The summed E-state index contributed by atoms with van der Waals surface area (Å²) in [5.41, 5.74) is 3.82. The molecule has 17 nitrogen and oxygen atoms in total. The second kappa shape index (κ2) is 22.4. The standard InChI is InChI=1S/C51H64ClF4N9O8S/c1-28(2)42(61(6)46(67)31-12-14-63(24-31)48(69)44(52)53)45(66)59-37-21-40-58-38(25-74-40)30-10-11-39-33(19-30)35(22-50(4,5)27-73-49(70)36-9-8-13-65(60-36)47(37)68)43(64(39)26-51(54,55)56)34-20-32(62-15-17-72-18-16-62)23-57-41(34)29(3)71-7/h10-11,19-20,23,25,28-29,31,36-37,42,44,60H,8-9,12-18,21-22,24,26-27H2,1-7H3,(H,59,66)/t29-,31-,36-,37-,42-,44-/m0/s1. The fourth-order valence-electron chi connectivity index (χ4n) is 10.5. The van der Waals surface area contributed by atoms with Gasteiger partial charge in [0, 0.05) is 86.1 Å². The van der Waals surface area contributed by atoms with Gasteiger partial charge in [0.25, 0.3) is 17.4 Å². The predicted molar refractivity (Wildman–Crippen MR) is 270 cm³/mol. The molecule has 402 valence electrons. The number of halogens is 5. The van der Waals surface area contributed by atoms with E-state index in [-0.39, 0.29) is 45.5 Å². The number of methoxy groups -OCH3 is 1. The van der Waals surface area contributed by atoms with Gasteiger partial charge in [-0.3, -0.25) is 34.0 Å². The van der Waals surface area contributed by atoms with Crippen molar-refractivity contribution >= 4 is 69.1 Å². The molecule has 4 aliphatic rings. The summed E-state index contributed by atoms with van der Waals surface area (Å²) < 4.78 is 77.4. The minimum absolute atomic E-state index is 0.0686. The largest absolute Gasteiger partial charge is 0.464 e. The van der Waals surface area contributed by atoms with Gasteiger partial charge in [0.2, 0.25) is 11.8 Å². The Bertz CT molecular complexity index is 2750. The number of anilines is 1. The summed E-state index contributed by atoms with van der Waals surface area (Å²) in [5.74, 6) is -4.38. The van der Waals surface area contributed by atoms with Crippen LogP contribution in [0.15, 0.2) is 35.8 Å². The summed E-state index contributed by atoms with van der Waals surface area (Å²) in [7, 11) is 2.99. The number of aromatic nitrogens is 3. The van der Waals surface area contributed by atoms with Gasteiger partial charge in [-0.25, -0.2) is 14.8 Å². The van der Waals surface area contributed by atoms with Gasteiger partial charge >= 0.3 is 12.1 Å². The average molecular weight is 1070 g/mol. The van der Waals surface area contributed by atoms with Crippen LogP contribution in [0.3, 0.4) is 0 Å². The van der Waals surface area contributed by atoms with Crippen LogP contribution < -0.4 is 15.6 Å². The number of fused-ring (bicyclic) bond motifs is 6. The molecule has 6 atom stereocenters. The number of alkyl halides is 5. The molecule has 3 saturated heterocycles. The molecule has 1 aromatic carbocycles. The fourth-order valence-corrected chi connectivity index (χ4v) is 11.5. The van der Waals surface area contributed by atoms with Gasteiger partial charge in [0.1, 0.15) is 24.7 Å². The number of cyclic esters (lactones) is 1. The maximum absolute atomic E-state index is 15.0. The Labute approximate surface area is 436 Å². The molecule has 3 aromatic heterocycles. The highest BCUT2D eigenvalue weighted by molar-refractivity contribution is 7.10. The summed E-state index contributed by atoms with van der Waals surface area (Å²) in [6.07, 6.45) is -2.51. The third kappa shape index (κ3) is 12.0. The first kappa shape index (κ1) is 54.8. The number of carbonyl (C=O) groups is 5. The van der Waals surface area contributed by atoms with Gasteiger partial charge in [-0.1, -0.05) is 45.4 Å². The van der Waals surface area contributed by atoms with E-state index in [9.17, 15) is 41.5 Å². The number of pyridine rings is 1. The molecule has 0 radical (unpaired) electrons. The number of ether oxygens (including phenoxy) is 3. The van der Waals surface area contributed by atoms with Gasteiger partial charge in [0.15, 0.2) is 0 Å². The van der Waals surface area contributed by atoms with Crippen molar-refractivity contribution in [2.24, 2.45) is 17.3 Å². The summed E-state index contributed by atoms with van der Waals surface area (Å²) in [6.45, 7) is 9.93. The van der Waals surface area contributed by atoms with Crippen molar-refractivity contribution in [1.82, 2.24) is 40.1 Å². The summed E-state index contributed by atoms with van der Waals surface area (Å²) in [4.78, 5) is 83.7. The zero-order valence-corrected chi connectivity index (χ0v) is 44.2. The molecule has 2 N–H and O–H groups in total. The van der Waals surface area contributed by atoms with E-state index in [1.54, 1.807) is 44.5 Å². The van der Waals surface area contributed by atoms with E-state index in [1.807, 2.05) is 26.0 Å². The Balaban J connectivity index is 1.21. The maximum atomic E-state index is 15.0. The highest BCUT2D eigenvalue weighted by Gasteiger charge is 2.42. The number of carbonyl (C=O) groups excluding carboxylic acids is 5. The zero-order chi connectivity index (χ0) is 53.4. The molecule has 4 amide bonds. The number of benzene rings is 1. The Morgan fingerprint density at radius 1 is 1.08 bits per heavy atom. The molecule has 6 bridgehead atoms. The van der Waals surface area contributed by atoms with Gasteiger partial charge in [-0.05, 0) is 62.3 Å². The number of hydrogen-bond acceptors (Lipinski definition) is 13. The van der Waals surface area contributed by atoms with E-state index in [0.717, 1.165) is 0 Å². The van der Waals surface area contributed by atoms with E-state index in [2.05, 4.69) is 15.6 Å². The molecular formula is C51H64ClF4N9O8S. The first-order chi connectivity index (χ1) is 35.0. The number of likely N-dealkylation sites (tertiary alicyclic amines) is 1. The average Bonchev–Trinajstić information content (AvgIpc) is 4.12. The van der Waals surface area contributed by atoms with Crippen molar-refractivity contribution < 1.29 is 55.7 Å². The molecule has 8 rings (SSSR count). The Hall–Kier alpha value is -5.42. The van der Waals surface area contributed by atoms with Crippen molar-refractivity contribution in [3.63, 3.8) is 0 Å². The summed E-state index contributed by atoms with van der Waals surface area (Å²) >= 11 is 6.63. The van der Waals surface area contributed by atoms with Crippen molar-refractivity contribution in [2.75, 3.05) is 71.6 Å². The van der Waals surface area contributed by atoms with E-state index in [4.69, 9.17) is 35.8 Å². The van der Waals surface area contributed by atoms with Gasteiger partial charge in [-0.2, -0.15) is 13.2 Å². The number of hydrazine groups is 1. The van der Waals surface area contributed by atoms with Crippen LogP contribution in [0.2, 0.25) is 0 Å². The lowest BCUT2D eigenvalue weighted by Gasteiger charge is -2.37. The molecule has 23 heteroatoms. The fraction of sp³-hybridized carbons (Fsp3) is 0.588. The monoisotopic (exact) mass is 1070 g/mol. The van der Waals surface area contributed by atoms with Crippen LogP contribution in [-0.4, -0.2) is 156 Å². The number of amides is 4. The zero-order valence-electron chi connectivity index (χ0n) is 42.6. The number of morpholine rings is 1. The van der Waals surface area contributed by atoms with Crippen LogP contribution in [0.1, 0.15) is 76.3 Å². The van der Waals surface area contributed by atoms with Crippen molar-refractivity contribution in [3.8, 4) is 22.5 Å². The van der Waals surface area contributed by atoms with Crippen LogP contribution in [0.4, 0.5) is 23.2 Å². The normalized spacial score (nSPS) is 22.1. The molecule has 4 aromatic rings. The SMILES string of the molecule is CO[C@@H](C)c1ncc(N2CCOCC2)cc1-c1c2c3cc(ccc3n1CC(F)(F)F)-c1csc(n1)C[C@H](NC(=O)[C@H](C(C)C)N(C)C(=O)[C@H]1CCN(C(=O)[C@H](F)Cl)C1)C(=O)N1CCC[C@H](N1)C(=O)OCC(C)(C)C2. The quantitative estimate of drug-likeness (QED) is 0.0955. The molecule has 0 unspecified atom stereocenters. The summed E-state index contributed by atoms with van der Waals surface area (Å²) in [5, 5.41) is 6.96. The van der Waals surface area contributed by atoms with Crippen LogP contribution in [-0.2, 0) is 57.6 Å². The molecule has 0 saturated carbocycles. The van der Waals surface area contributed by atoms with Gasteiger partial charge < -0.3 is 38.8 Å².